The molecule has 2 nitrogen and oxygen atoms in total. The van der Waals surface area contributed by atoms with E-state index < -0.39 is 0 Å². The first-order chi connectivity index (χ1) is 13.3. The quantitative estimate of drug-likeness (QED) is 0.411. The van der Waals surface area contributed by atoms with E-state index in [0.717, 1.165) is 18.7 Å². The van der Waals surface area contributed by atoms with Gasteiger partial charge in [0.25, 0.3) is 0 Å². The van der Waals surface area contributed by atoms with Crippen LogP contribution in [0.5, 0.6) is 0 Å². The molecule has 4 rings (SSSR count). The molecular formula is C24H23N2S+. The lowest BCUT2D eigenvalue weighted by Gasteiger charge is -2.07. The van der Waals surface area contributed by atoms with Gasteiger partial charge in [0.15, 0.2) is 0 Å². The third-order valence-corrected chi connectivity index (χ3v) is 5.65. The lowest BCUT2D eigenvalue weighted by Crippen LogP contribution is -2.37. The Hall–Kier alpha value is -2.91. The Bertz CT molecular complexity index is 993. The van der Waals surface area contributed by atoms with Crippen molar-refractivity contribution in [3.05, 3.63) is 101 Å². The first-order valence-electron chi connectivity index (χ1n) is 9.26. The van der Waals surface area contributed by atoms with E-state index in [1.165, 1.54) is 26.8 Å². The molecule has 1 heterocycles. The molecule has 0 aliphatic heterocycles. The molecule has 0 bridgehead atoms. The van der Waals surface area contributed by atoms with Crippen LogP contribution >= 0.6 is 11.3 Å². The highest BCUT2D eigenvalue weighted by Gasteiger charge is 2.23. The smallest absolute Gasteiger partial charge is 0.231 e. The fourth-order valence-corrected chi connectivity index (χ4v) is 4.41. The van der Waals surface area contributed by atoms with Crippen LogP contribution in [0.3, 0.4) is 0 Å². The van der Waals surface area contributed by atoms with Gasteiger partial charge >= 0.3 is 5.13 Å². The molecular weight excluding hydrogens is 348 g/mol. The second-order valence-electron chi connectivity index (χ2n) is 6.56. The zero-order chi connectivity index (χ0) is 18.5. The van der Waals surface area contributed by atoms with Gasteiger partial charge in [-0.25, -0.2) is 9.88 Å². The van der Waals surface area contributed by atoms with Gasteiger partial charge in [-0.1, -0.05) is 90.2 Å². The van der Waals surface area contributed by atoms with Crippen LogP contribution in [0.4, 0.5) is 10.8 Å². The summed E-state index contributed by atoms with van der Waals surface area (Å²) in [5.74, 6) is 0. The van der Waals surface area contributed by atoms with E-state index in [1.54, 1.807) is 0 Å². The molecule has 1 aromatic heterocycles. The van der Waals surface area contributed by atoms with Crippen molar-refractivity contribution in [2.75, 3.05) is 5.32 Å². The molecule has 0 atom stereocenters. The topological polar surface area (TPSA) is 15.9 Å². The van der Waals surface area contributed by atoms with Gasteiger partial charge in [-0.2, -0.15) is 0 Å². The molecule has 0 spiro atoms. The minimum atomic E-state index is 0.938. The Kier molecular flexibility index (Phi) is 5.31. The first kappa shape index (κ1) is 17.5. The molecule has 27 heavy (non-hydrogen) atoms. The number of hydrogen-bond donors (Lipinski definition) is 1. The van der Waals surface area contributed by atoms with Crippen molar-refractivity contribution in [3.63, 3.8) is 0 Å². The summed E-state index contributed by atoms with van der Waals surface area (Å²) < 4.78 is 2.43. The molecule has 0 aliphatic rings. The van der Waals surface area contributed by atoms with Crippen LogP contribution in [-0.2, 0) is 13.0 Å². The second-order valence-corrected chi connectivity index (χ2v) is 7.76. The Morgan fingerprint density at radius 2 is 1.37 bits per heavy atom. The van der Waals surface area contributed by atoms with Gasteiger partial charge in [0, 0.05) is 12.0 Å². The highest BCUT2D eigenvalue weighted by Crippen LogP contribution is 2.30. The first-order valence-corrected chi connectivity index (χ1v) is 10.1. The molecule has 0 amide bonds. The molecule has 3 aromatic carbocycles. The lowest BCUT2D eigenvalue weighted by atomic mass is 10.1. The fraction of sp³-hybridized carbons (Fsp3) is 0.125. The minimum Gasteiger partial charge on any atom is -0.231 e. The standard InChI is InChI=1S/C24H22N2S/c1-19-23(21-13-7-3-8-14-21)26(18-17-20-11-5-2-6-12-20)24(27-19)25-22-15-9-4-10-16-22/h2-16H,17-18H2,1H3/p+1. The summed E-state index contributed by atoms with van der Waals surface area (Å²) in [6.07, 6.45) is 1.00. The van der Waals surface area contributed by atoms with E-state index in [2.05, 4.69) is 102 Å². The number of anilines is 2. The Morgan fingerprint density at radius 1 is 0.778 bits per heavy atom. The molecule has 0 radical (unpaired) electrons. The van der Waals surface area contributed by atoms with Gasteiger partial charge in [-0.3, -0.25) is 0 Å². The molecule has 0 aliphatic carbocycles. The average molecular weight is 372 g/mol. The van der Waals surface area contributed by atoms with Gasteiger partial charge in [0.05, 0.1) is 11.4 Å². The van der Waals surface area contributed by atoms with Gasteiger partial charge in [0.2, 0.25) is 0 Å². The molecule has 0 saturated heterocycles. The molecule has 0 fully saturated rings. The number of benzene rings is 3. The van der Waals surface area contributed by atoms with Crippen molar-refractivity contribution in [1.82, 2.24) is 0 Å². The van der Waals surface area contributed by atoms with Crippen LogP contribution in [0.15, 0.2) is 91.0 Å². The van der Waals surface area contributed by atoms with Crippen LogP contribution in [-0.4, -0.2) is 0 Å². The van der Waals surface area contributed by atoms with Crippen LogP contribution in [0.1, 0.15) is 10.4 Å². The molecule has 0 unspecified atom stereocenters. The maximum absolute atomic E-state index is 3.62. The van der Waals surface area contributed by atoms with Gasteiger partial charge in [-0.05, 0) is 24.6 Å². The monoisotopic (exact) mass is 371 g/mol. The number of thiazole rings is 1. The summed E-state index contributed by atoms with van der Waals surface area (Å²) in [6.45, 7) is 3.15. The predicted octanol–water partition coefficient (Wildman–Crippen LogP) is 6.00. The molecule has 3 heteroatoms. The largest absolute Gasteiger partial charge is 0.339 e. The molecule has 134 valence electrons. The fourth-order valence-electron chi connectivity index (χ4n) is 3.33. The number of para-hydroxylation sites is 1. The number of aryl methyl sites for hydroxylation is 2. The summed E-state index contributed by atoms with van der Waals surface area (Å²) in [5, 5.41) is 4.80. The van der Waals surface area contributed by atoms with Crippen molar-refractivity contribution < 1.29 is 4.57 Å². The summed E-state index contributed by atoms with van der Waals surface area (Å²) in [6, 6.07) is 31.8. The van der Waals surface area contributed by atoms with E-state index in [0.29, 0.717) is 0 Å². The number of nitrogens with one attached hydrogen (secondary N) is 1. The molecule has 0 saturated carbocycles. The van der Waals surface area contributed by atoms with Crippen molar-refractivity contribution >= 4 is 22.2 Å². The lowest BCUT2D eigenvalue weighted by molar-refractivity contribution is -0.667. The van der Waals surface area contributed by atoms with Crippen molar-refractivity contribution in [3.8, 4) is 11.3 Å². The number of aromatic nitrogens is 1. The predicted molar refractivity (Wildman–Crippen MR) is 115 cm³/mol. The minimum absolute atomic E-state index is 0.938. The van der Waals surface area contributed by atoms with Gasteiger partial charge in [-0.15, -0.1) is 0 Å². The zero-order valence-electron chi connectivity index (χ0n) is 15.4. The van der Waals surface area contributed by atoms with Crippen LogP contribution < -0.4 is 9.88 Å². The van der Waals surface area contributed by atoms with Crippen molar-refractivity contribution in [2.45, 2.75) is 19.9 Å². The zero-order valence-corrected chi connectivity index (χ0v) is 16.2. The highest BCUT2D eigenvalue weighted by atomic mass is 32.1. The summed E-state index contributed by atoms with van der Waals surface area (Å²) in [5.41, 5.74) is 5.04. The Balaban J connectivity index is 1.72. The summed E-state index contributed by atoms with van der Waals surface area (Å²) in [4.78, 5) is 1.33. The Morgan fingerprint density at radius 3 is 2.04 bits per heavy atom. The maximum Gasteiger partial charge on any atom is 0.339 e. The third kappa shape index (κ3) is 4.09. The van der Waals surface area contributed by atoms with Gasteiger partial charge < -0.3 is 0 Å². The van der Waals surface area contributed by atoms with Crippen LogP contribution in [0.25, 0.3) is 11.3 Å². The van der Waals surface area contributed by atoms with E-state index in [9.17, 15) is 0 Å². The van der Waals surface area contributed by atoms with E-state index in [-0.39, 0.29) is 0 Å². The van der Waals surface area contributed by atoms with E-state index in [1.807, 2.05) is 17.4 Å². The SMILES string of the molecule is Cc1sc(Nc2ccccc2)[n+](CCc2ccccc2)c1-c1ccccc1. The average Bonchev–Trinajstić information content (AvgIpc) is 3.03. The maximum atomic E-state index is 3.62. The van der Waals surface area contributed by atoms with E-state index in [4.69, 9.17) is 0 Å². The van der Waals surface area contributed by atoms with Crippen molar-refractivity contribution in [2.24, 2.45) is 0 Å². The van der Waals surface area contributed by atoms with Crippen LogP contribution in [0.2, 0.25) is 0 Å². The summed E-state index contributed by atoms with van der Waals surface area (Å²) >= 11 is 1.82. The normalized spacial score (nSPS) is 10.7. The van der Waals surface area contributed by atoms with E-state index >= 15 is 0 Å². The summed E-state index contributed by atoms with van der Waals surface area (Å²) in [7, 11) is 0. The number of nitrogens with zero attached hydrogens (tertiary/aromatic N) is 1. The number of hydrogen-bond acceptors (Lipinski definition) is 2. The highest BCUT2D eigenvalue weighted by molar-refractivity contribution is 7.15. The molecule has 4 aromatic rings. The Labute approximate surface area is 164 Å². The second kappa shape index (κ2) is 8.19. The molecule has 1 N–H and O–H groups in total. The number of rotatable bonds is 6. The van der Waals surface area contributed by atoms with Gasteiger partial charge in [0.1, 0.15) is 11.4 Å². The van der Waals surface area contributed by atoms with Crippen molar-refractivity contribution in [1.29, 1.82) is 0 Å². The van der Waals surface area contributed by atoms with Crippen LogP contribution in [0, 0.1) is 6.92 Å². The third-order valence-electron chi connectivity index (χ3n) is 4.64.